The van der Waals surface area contributed by atoms with Gasteiger partial charge in [0.1, 0.15) is 11.6 Å². The van der Waals surface area contributed by atoms with Crippen molar-refractivity contribution in [3.8, 4) is 11.4 Å². The summed E-state index contributed by atoms with van der Waals surface area (Å²) < 4.78 is 18.6. The van der Waals surface area contributed by atoms with Gasteiger partial charge in [-0.25, -0.2) is 9.37 Å². The second-order valence-electron chi connectivity index (χ2n) is 5.99. The molecule has 3 aromatic rings. The minimum Gasteiger partial charge on any atom is -0.363 e. The summed E-state index contributed by atoms with van der Waals surface area (Å²) in [6, 6.07) is 9.97. The van der Waals surface area contributed by atoms with Crippen LogP contribution in [0.2, 0.25) is 0 Å². The first kappa shape index (κ1) is 17.0. The Balaban J connectivity index is 1.66. The highest BCUT2D eigenvalue weighted by molar-refractivity contribution is 5.53. The molecule has 0 amide bonds. The lowest BCUT2D eigenvalue weighted by Crippen LogP contribution is -2.19. The summed E-state index contributed by atoms with van der Waals surface area (Å²) in [6.45, 7) is 2.58. The van der Waals surface area contributed by atoms with Crippen molar-refractivity contribution in [1.82, 2.24) is 20.4 Å². The van der Waals surface area contributed by atoms with Crippen molar-refractivity contribution in [1.29, 1.82) is 0 Å². The van der Waals surface area contributed by atoms with Gasteiger partial charge in [0, 0.05) is 32.4 Å². The van der Waals surface area contributed by atoms with Gasteiger partial charge in [0.25, 0.3) is 0 Å². The van der Waals surface area contributed by atoms with E-state index in [-0.39, 0.29) is 11.9 Å². The Hall–Kier alpha value is -2.80. The highest BCUT2D eigenvalue weighted by Crippen LogP contribution is 2.20. The number of benzene rings is 1. The molecule has 2 aromatic heterocycles. The molecule has 1 N–H and O–H groups in total. The molecule has 0 radical (unpaired) electrons. The molecule has 0 aliphatic heterocycles. The van der Waals surface area contributed by atoms with Gasteiger partial charge in [0.15, 0.2) is 0 Å². The lowest BCUT2D eigenvalue weighted by atomic mass is 10.2. The number of halogens is 1. The summed E-state index contributed by atoms with van der Waals surface area (Å²) in [5.74, 6) is 1.41. The highest BCUT2D eigenvalue weighted by Gasteiger charge is 2.15. The molecule has 2 heterocycles. The van der Waals surface area contributed by atoms with Gasteiger partial charge < -0.3 is 14.7 Å². The van der Waals surface area contributed by atoms with Gasteiger partial charge in [-0.05, 0) is 36.8 Å². The Morgan fingerprint density at radius 1 is 1.24 bits per heavy atom. The van der Waals surface area contributed by atoms with Crippen LogP contribution in [0.15, 0.2) is 47.1 Å². The van der Waals surface area contributed by atoms with E-state index >= 15 is 0 Å². The number of nitrogens with zero attached hydrogens (tertiary/aromatic N) is 4. The molecule has 1 atom stereocenters. The van der Waals surface area contributed by atoms with Gasteiger partial charge in [-0.15, -0.1) is 0 Å². The Morgan fingerprint density at radius 2 is 2.08 bits per heavy atom. The predicted octanol–water partition coefficient (Wildman–Crippen LogP) is 3.19. The minimum atomic E-state index is -0.329. The lowest BCUT2D eigenvalue weighted by Gasteiger charge is -2.13. The third kappa shape index (κ3) is 4.19. The minimum absolute atomic E-state index is 0.134. The second kappa shape index (κ2) is 7.40. The van der Waals surface area contributed by atoms with E-state index in [9.17, 15) is 4.39 Å². The number of hydrogen-bond acceptors (Lipinski definition) is 6. The molecular weight excluding hydrogens is 321 g/mol. The average Bonchev–Trinajstić information content (AvgIpc) is 3.10. The largest absolute Gasteiger partial charge is 0.363 e. The topological polar surface area (TPSA) is 67.1 Å². The second-order valence-corrected chi connectivity index (χ2v) is 5.99. The molecule has 1 aromatic carbocycles. The van der Waals surface area contributed by atoms with Crippen molar-refractivity contribution in [3.05, 3.63) is 59.9 Å². The van der Waals surface area contributed by atoms with Crippen molar-refractivity contribution in [3.63, 3.8) is 0 Å². The smallest absolute Gasteiger partial charge is 0.243 e. The summed E-state index contributed by atoms with van der Waals surface area (Å²) in [5.41, 5.74) is 1.70. The van der Waals surface area contributed by atoms with Crippen LogP contribution in [0.5, 0.6) is 0 Å². The third-order valence-corrected chi connectivity index (χ3v) is 3.78. The molecule has 0 saturated heterocycles. The molecule has 3 rings (SSSR count). The maximum Gasteiger partial charge on any atom is 0.243 e. The van der Waals surface area contributed by atoms with Gasteiger partial charge >= 0.3 is 0 Å². The molecule has 0 aliphatic carbocycles. The van der Waals surface area contributed by atoms with Crippen LogP contribution in [-0.2, 0) is 6.54 Å². The first-order valence-corrected chi connectivity index (χ1v) is 7.98. The van der Waals surface area contributed by atoms with Gasteiger partial charge in [-0.3, -0.25) is 0 Å². The normalized spacial score (nSPS) is 12.2. The Kier molecular flexibility index (Phi) is 5.04. The lowest BCUT2D eigenvalue weighted by molar-refractivity contribution is 0.339. The fourth-order valence-electron chi connectivity index (χ4n) is 2.33. The van der Waals surface area contributed by atoms with Crippen LogP contribution >= 0.6 is 0 Å². The zero-order valence-electron chi connectivity index (χ0n) is 14.4. The van der Waals surface area contributed by atoms with E-state index in [2.05, 4.69) is 20.4 Å². The first-order chi connectivity index (χ1) is 12.0. The SMILES string of the molecule is CC(NCc1ccnc(N(C)C)c1)c1nc(-c2cccc(F)c2)no1. The van der Waals surface area contributed by atoms with E-state index in [4.69, 9.17) is 4.52 Å². The van der Waals surface area contributed by atoms with Crippen molar-refractivity contribution in [2.24, 2.45) is 0 Å². The number of nitrogens with one attached hydrogen (secondary N) is 1. The monoisotopic (exact) mass is 341 g/mol. The molecule has 130 valence electrons. The van der Waals surface area contributed by atoms with Crippen LogP contribution in [-0.4, -0.2) is 29.2 Å². The van der Waals surface area contributed by atoms with E-state index in [1.54, 1.807) is 18.3 Å². The molecule has 0 bridgehead atoms. The van der Waals surface area contributed by atoms with Crippen molar-refractivity contribution < 1.29 is 8.91 Å². The van der Waals surface area contributed by atoms with Crippen LogP contribution < -0.4 is 10.2 Å². The van der Waals surface area contributed by atoms with Gasteiger partial charge in [0.2, 0.25) is 11.7 Å². The zero-order valence-corrected chi connectivity index (χ0v) is 14.4. The summed E-state index contributed by atoms with van der Waals surface area (Å²) >= 11 is 0. The molecule has 0 spiro atoms. The van der Waals surface area contributed by atoms with E-state index in [0.717, 1.165) is 11.4 Å². The van der Waals surface area contributed by atoms with E-state index in [0.29, 0.717) is 23.8 Å². The summed E-state index contributed by atoms with van der Waals surface area (Å²) in [7, 11) is 3.91. The maximum absolute atomic E-state index is 13.3. The Labute approximate surface area is 145 Å². The van der Waals surface area contributed by atoms with Crippen LogP contribution in [0.4, 0.5) is 10.2 Å². The molecule has 0 aliphatic rings. The molecule has 6 nitrogen and oxygen atoms in total. The standard InChI is InChI=1S/C18H20FN5O/c1-12(21-11-13-7-8-20-16(9-13)24(2)3)18-22-17(23-25-18)14-5-4-6-15(19)10-14/h4-10,12,21H,11H2,1-3H3. The number of pyridine rings is 1. The fraction of sp³-hybridized carbons (Fsp3) is 0.278. The maximum atomic E-state index is 13.3. The van der Waals surface area contributed by atoms with Crippen LogP contribution in [0, 0.1) is 5.82 Å². The Bertz CT molecular complexity index is 849. The summed E-state index contributed by atoms with van der Waals surface area (Å²) in [6.07, 6.45) is 1.78. The average molecular weight is 341 g/mol. The molecule has 0 fully saturated rings. The molecule has 7 heteroatoms. The number of hydrogen-bond donors (Lipinski definition) is 1. The number of anilines is 1. The third-order valence-electron chi connectivity index (χ3n) is 3.78. The highest BCUT2D eigenvalue weighted by atomic mass is 19.1. The molecular formula is C18H20FN5O. The van der Waals surface area contributed by atoms with Crippen LogP contribution in [0.1, 0.15) is 24.4 Å². The molecule has 1 unspecified atom stereocenters. The quantitative estimate of drug-likeness (QED) is 0.743. The fourth-order valence-corrected chi connectivity index (χ4v) is 2.33. The van der Waals surface area contributed by atoms with Crippen molar-refractivity contribution >= 4 is 5.82 Å². The van der Waals surface area contributed by atoms with Crippen LogP contribution in [0.25, 0.3) is 11.4 Å². The zero-order chi connectivity index (χ0) is 17.8. The summed E-state index contributed by atoms with van der Waals surface area (Å²) in [5, 5.41) is 7.27. The predicted molar refractivity (Wildman–Crippen MR) is 93.5 cm³/mol. The van der Waals surface area contributed by atoms with Crippen LogP contribution in [0.3, 0.4) is 0 Å². The Morgan fingerprint density at radius 3 is 2.84 bits per heavy atom. The van der Waals surface area contributed by atoms with Crippen molar-refractivity contribution in [2.45, 2.75) is 19.5 Å². The van der Waals surface area contributed by atoms with E-state index in [1.807, 2.05) is 38.1 Å². The number of rotatable bonds is 6. The van der Waals surface area contributed by atoms with E-state index < -0.39 is 0 Å². The van der Waals surface area contributed by atoms with Crippen molar-refractivity contribution in [2.75, 3.05) is 19.0 Å². The van der Waals surface area contributed by atoms with Gasteiger partial charge in [0.05, 0.1) is 6.04 Å². The van der Waals surface area contributed by atoms with E-state index in [1.165, 1.54) is 12.1 Å². The molecule has 0 saturated carbocycles. The molecule has 25 heavy (non-hydrogen) atoms. The number of aromatic nitrogens is 3. The first-order valence-electron chi connectivity index (χ1n) is 7.98. The summed E-state index contributed by atoms with van der Waals surface area (Å²) in [4.78, 5) is 10.6. The van der Waals surface area contributed by atoms with Gasteiger partial charge in [-0.1, -0.05) is 17.3 Å². The van der Waals surface area contributed by atoms with Gasteiger partial charge in [-0.2, -0.15) is 4.98 Å².